The first-order valence-corrected chi connectivity index (χ1v) is 7.14. The Morgan fingerprint density at radius 1 is 1.33 bits per heavy atom. The molecule has 0 saturated carbocycles. The van der Waals surface area contributed by atoms with Crippen LogP contribution in [0.25, 0.3) is 0 Å². The first kappa shape index (κ1) is 13.5. The zero-order valence-electron chi connectivity index (χ0n) is 10.4. The maximum absolute atomic E-state index is 13.6. The Balaban J connectivity index is 2.39. The fraction of sp³-hybridized carbons (Fsp3) is 0.333. The third-order valence-corrected chi connectivity index (χ3v) is 4.45. The molecule has 1 aromatic heterocycles. The highest BCUT2D eigenvalue weighted by molar-refractivity contribution is 8.01. The van der Waals surface area contributed by atoms with E-state index < -0.39 is 0 Å². The van der Waals surface area contributed by atoms with Crippen molar-refractivity contribution in [1.82, 2.24) is 10.2 Å². The Hall–Kier alpha value is -0.980. The molecule has 2 aromatic rings. The molecule has 1 heterocycles. The van der Waals surface area contributed by atoms with Gasteiger partial charge in [0.1, 0.15) is 10.8 Å². The summed E-state index contributed by atoms with van der Waals surface area (Å²) in [5.74, 6) is -0.222. The predicted molar refractivity (Wildman–Crippen MR) is 72.5 cm³/mol. The maximum atomic E-state index is 13.6. The van der Waals surface area contributed by atoms with Gasteiger partial charge in [-0.25, -0.2) is 4.39 Å². The van der Waals surface area contributed by atoms with E-state index in [2.05, 4.69) is 10.2 Å². The zero-order chi connectivity index (χ0) is 13.3. The lowest BCUT2D eigenvalue weighted by Gasteiger charge is -2.12. The number of aryl methyl sites for hydroxylation is 2. The van der Waals surface area contributed by atoms with Gasteiger partial charge in [-0.3, -0.25) is 0 Å². The molecule has 0 aliphatic rings. The summed E-state index contributed by atoms with van der Waals surface area (Å²) in [6, 6.07) is 3.11. The number of rotatable bonds is 3. The molecule has 1 aromatic carbocycles. The highest BCUT2D eigenvalue weighted by Gasteiger charge is 2.13. The molecule has 0 saturated heterocycles. The second-order valence-corrected chi connectivity index (χ2v) is 6.59. The summed E-state index contributed by atoms with van der Waals surface area (Å²) in [5, 5.41) is 8.95. The molecule has 96 valence electrons. The van der Waals surface area contributed by atoms with Crippen molar-refractivity contribution >= 4 is 23.1 Å². The Morgan fingerprint density at radius 3 is 2.61 bits per heavy atom. The van der Waals surface area contributed by atoms with Crippen molar-refractivity contribution < 1.29 is 4.39 Å². The van der Waals surface area contributed by atoms with Gasteiger partial charge in [0.05, 0.1) is 0 Å². The number of halogens is 1. The van der Waals surface area contributed by atoms with Gasteiger partial charge in [-0.15, -0.1) is 10.2 Å². The van der Waals surface area contributed by atoms with Crippen LogP contribution in [-0.4, -0.2) is 10.2 Å². The second-order valence-electron chi connectivity index (χ2n) is 4.12. The second kappa shape index (κ2) is 5.34. The number of benzene rings is 1. The Kier molecular flexibility index (Phi) is 3.99. The highest BCUT2D eigenvalue weighted by atomic mass is 32.2. The molecule has 0 fully saturated rings. The largest absolute Gasteiger partial charge is 0.324 e. The van der Waals surface area contributed by atoms with Gasteiger partial charge in [-0.2, -0.15) is 0 Å². The highest BCUT2D eigenvalue weighted by Crippen LogP contribution is 2.35. The summed E-state index contributed by atoms with van der Waals surface area (Å²) >= 11 is 3.00. The number of nitrogens with zero attached hydrogens (tertiary/aromatic N) is 2. The molecule has 18 heavy (non-hydrogen) atoms. The summed E-state index contributed by atoms with van der Waals surface area (Å²) in [5.41, 5.74) is 7.30. The summed E-state index contributed by atoms with van der Waals surface area (Å²) in [6.45, 7) is 5.50. The molecular weight excluding hydrogens is 269 g/mol. The minimum absolute atomic E-state index is 0.211. The van der Waals surface area contributed by atoms with E-state index in [9.17, 15) is 4.39 Å². The quantitative estimate of drug-likeness (QED) is 0.937. The third kappa shape index (κ3) is 2.88. The first-order valence-electron chi connectivity index (χ1n) is 5.51. The van der Waals surface area contributed by atoms with E-state index in [4.69, 9.17) is 5.73 Å². The normalized spacial score (nSPS) is 12.7. The van der Waals surface area contributed by atoms with Gasteiger partial charge in [0.15, 0.2) is 4.34 Å². The molecule has 0 aliphatic heterocycles. The lowest BCUT2D eigenvalue weighted by molar-refractivity contribution is 0.610. The molecule has 6 heteroatoms. The van der Waals surface area contributed by atoms with E-state index in [0.717, 1.165) is 19.8 Å². The minimum Gasteiger partial charge on any atom is -0.324 e. The Labute approximate surface area is 114 Å². The fourth-order valence-corrected chi connectivity index (χ4v) is 3.61. The van der Waals surface area contributed by atoms with Crippen molar-refractivity contribution in [2.75, 3.05) is 0 Å². The SMILES string of the molecule is Cc1nnc(Sc2cc(C)c(F)cc2[C@@H](C)N)s1. The van der Waals surface area contributed by atoms with Gasteiger partial charge in [-0.05, 0) is 44.0 Å². The van der Waals surface area contributed by atoms with Gasteiger partial charge >= 0.3 is 0 Å². The van der Waals surface area contributed by atoms with Crippen LogP contribution < -0.4 is 5.73 Å². The molecule has 0 spiro atoms. The molecular formula is C12H14FN3S2. The van der Waals surface area contributed by atoms with Crippen molar-refractivity contribution in [2.24, 2.45) is 5.73 Å². The van der Waals surface area contributed by atoms with Crippen LogP contribution >= 0.6 is 23.1 Å². The topological polar surface area (TPSA) is 51.8 Å². The number of nitrogens with two attached hydrogens (primary N) is 1. The molecule has 2 rings (SSSR count). The molecule has 0 radical (unpaired) electrons. The lowest BCUT2D eigenvalue weighted by Crippen LogP contribution is -2.07. The van der Waals surface area contributed by atoms with Gasteiger partial charge in [-0.1, -0.05) is 23.1 Å². The number of aromatic nitrogens is 2. The maximum Gasteiger partial charge on any atom is 0.179 e. The molecule has 0 bridgehead atoms. The van der Waals surface area contributed by atoms with Gasteiger partial charge < -0.3 is 5.73 Å². The Morgan fingerprint density at radius 2 is 2.06 bits per heavy atom. The summed E-state index contributed by atoms with van der Waals surface area (Å²) in [7, 11) is 0. The van der Waals surface area contributed by atoms with Crippen LogP contribution in [-0.2, 0) is 0 Å². The first-order chi connectivity index (χ1) is 8.47. The van der Waals surface area contributed by atoms with Crippen LogP contribution in [0.5, 0.6) is 0 Å². The van der Waals surface area contributed by atoms with E-state index in [-0.39, 0.29) is 11.9 Å². The van der Waals surface area contributed by atoms with Crippen LogP contribution in [0, 0.1) is 19.7 Å². The van der Waals surface area contributed by atoms with E-state index in [1.54, 1.807) is 6.92 Å². The monoisotopic (exact) mass is 283 g/mol. The van der Waals surface area contributed by atoms with E-state index >= 15 is 0 Å². The molecule has 0 aliphatic carbocycles. The van der Waals surface area contributed by atoms with E-state index in [1.165, 1.54) is 29.2 Å². The van der Waals surface area contributed by atoms with Gasteiger partial charge in [0.25, 0.3) is 0 Å². The standard InChI is InChI=1S/C12H14FN3S2/c1-6-4-11(9(7(2)14)5-10(6)13)18-12-16-15-8(3)17-12/h4-5,7H,14H2,1-3H3/t7-/m1/s1. The predicted octanol–water partition coefficient (Wildman–Crippen LogP) is 3.46. The van der Waals surface area contributed by atoms with Gasteiger partial charge in [0.2, 0.25) is 0 Å². The van der Waals surface area contributed by atoms with Crippen LogP contribution in [0.1, 0.15) is 29.1 Å². The van der Waals surface area contributed by atoms with E-state index in [1.807, 2.05) is 19.9 Å². The number of hydrogen-bond donors (Lipinski definition) is 1. The van der Waals surface area contributed by atoms with Crippen LogP contribution in [0.4, 0.5) is 4.39 Å². The van der Waals surface area contributed by atoms with E-state index in [0.29, 0.717) is 5.56 Å². The zero-order valence-corrected chi connectivity index (χ0v) is 12.0. The average Bonchev–Trinajstić information content (AvgIpc) is 2.68. The number of hydrogen-bond acceptors (Lipinski definition) is 5. The fourth-order valence-electron chi connectivity index (χ4n) is 1.53. The molecule has 0 amide bonds. The summed E-state index contributed by atoms with van der Waals surface area (Å²) in [4.78, 5) is 0.944. The van der Waals surface area contributed by atoms with Crippen molar-refractivity contribution in [3.05, 3.63) is 34.1 Å². The summed E-state index contributed by atoms with van der Waals surface area (Å²) in [6.07, 6.45) is 0. The third-order valence-electron chi connectivity index (χ3n) is 2.49. The Bertz CT molecular complexity index is 566. The summed E-state index contributed by atoms with van der Waals surface area (Å²) < 4.78 is 14.4. The van der Waals surface area contributed by atoms with Crippen molar-refractivity contribution in [3.8, 4) is 0 Å². The smallest absolute Gasteiger partial charge is 0.179 e. The van der Waals surface area contributed by atoms with Crippen LogP contribution in [0.2, 0.25) is 0 Å². The van der Waals surface area contributed by atoms with Crippen LogP contribution in [0.3, 0.4) is 0 Å². The average molecular weight is 283 g/mol. The molecule has 3 nitrogen and oxygen atoms in total. The lowest BCUT2D eigenvalue weighted by atomic mass is 10.1. The van der Waals surface area contributed by atoms with Crippen molar-refractivity contribution in [3.63, 3.8) is 0 Å². The molecule has 0 unspecified atom stereocenters. The van der Waals surface area contributed by atoms with Crippen molar-refractivity contribution in [1.29, 1.82) is 0 Å². The molecule has 2 N–H and O–H groups in total. The minimum atomic E-state index is -0.222. The van der Waals surface area contributed by atoms with Crippen LogP contribution in [0.15, 0.2) is 21.4 Å². The van der Waals surface area contributed by atoms with Crippen molar-refractivity contribution in [2.45, 2.75) is 36.0 Å². The molecule has 1 atom stereocenters. The van der Waals surface area contributed by atoms with Gasteiger partial charge in [0, 0.05) is 10.9 Å².